The van der Waals surface area contributed by atoms with Crippen molar-refractivity contribution in [3.63, 3.8) is 0 Å². The van der Waals surface area contributed by atoms with Crippen molar-refractivity contribution < 1.29 is 14.1 Å². The van der Waals surface area contributed by atoms with Crippen LogP contribution in [-0.2, 0) is 9.59 Å². The summed E-state index contributed by atoms with van der Waals surface area (Å²) in [6.07, 6.45) is 1.69. The molecule has 8 nitrogen and oxygen atoms in total. The van der Waals surface area contributed by atoms with Crippen molar-refractivity contribution in [1.82, 2.24) is 15.4 Å². The molecule has 0 bridgehead atoms. The van der Waals surface area contributed by atoms with Crippen LogP contribution in [0, 0.1) is 6.92 Å². The van der Waals surface area contributed by atoms with Crippen molar-refractivity contribution in [1.29, 1.82) is 0 Å². The zero-order chi connectivity index (χ0) is 16.9. The number of rotatable bonds is 6. The molecular formula is C15H15N5O3S. The number of benzene rings is 1. The minimum absolute atomic E-state index is 0.153. The Bertz CT molecular complexity index is 873. The average Bonchev–Trinajstić information content (AvgIpc) is 3.15. The molecule has 0 aliphatic rings. The number of hydrogen-bond acceptors (Lipinski definition) is 6. The van der Waals surface area contributed by atoms with E-state index in [1.54, 1.807) is 25.3 Å². The SMILES string of the molecule is Cc1cc(NC(=O)CSCC(=O)Nc2ccc3[nH]ncc3c2)no1. The van der Waals surface area contributed by atoms with Crippen LogP contribution in [0.1, 0.15) is 5.76 Å². The summed E-state index contributed by atoms with van der Waals surface area (Å²) < 4.78 is 4.86. The Morgan fingerprint density at radius 1 is 1.21 bits per heavy atom. The fourth-order valence-electron chi connectivity index (χ4n) is 2.06. The number of amides is 2. The van der Waals surface area contributed by atoms with Gasteiger partial charge in [0.2, 0.25) is 11.8 Å². The Labute approximate surface area is 141 Å². The predicted molar refractivity (Wildman–Crippen MR) is 91.9 cm³/mol. The van der Waals surface area contributed by atoms with E-state index in [4.69, 9.17) is 4.52 Å². The second-order valence-electron chi connectivity index (χ2n) is 5.08. The van der Waals surface area contributed by atoms with Gasteiger partial charge in [-0.15, -0.1) is 11.8 Å². The van der Waals surface area contributed by atoms with E-state index in [-0.39, 0.29) is 23.3 Å². The number of aromatic nitrogens is 3. The molecule has 0 aliphatic heterocycles. The summed E-state index contributed by atoms with van der Waals surface area (Å²) in [6, 6.07) is 7.10. The van der Waals surface area contributed by atoms with Crippen LogP contribution in [0.4, 0.5) is 11.5 Å². The van der Waals surface area contributed by atoms with Gasteiger partial charge in [0, 0.05) is 17.1 Å². The Morgan fingerprint density at radius 3 is 2.75 bits per heavy atom. The van der Waals surface area contributed by atoms with Gasteiger partial charge in [-0.1, -0.05) is 5.16 Å². The Balaban J connectivity index is 1.42. The van der Waals surface area contributed by atoms with Crippen molar-refractivity contribution in [2.75, 3.05) is 22.1 Å². The number of fused-ring (bicyclic) bond motifs is 1. The average molecular weight is 345 g/mol. The molecule has 1 aromatic carbocycles. The minimum atomic E-state index is -0.235. The smallest absolute Gasteiger partial charge is 0.235 e. The molecule has 0 saturated carbocycles. The van der Waals surface area contributed by atoms with Gasteiger partial charge in [-0.05, 0) is 25.1 Å². The summed E-state index contributed by atoms with van der Waals surface area (Å²) in [4.78, 5) is 23.6. The summed E-state index contributed by atoms with van der Waals surface area (Å²) in [7, 11) is 0. The highest BCUT2D eigenvalue weighted by Crippen LogP contribution is 2.17. The molecule has 9 heteroatoms. The quantitative estimate of drug-likeness (QED) is 0.631. The lowest BCUT2D eigenvalue weighted by Crippen LogP contribution is -2.18. The van der Waals surface area contributed by atoms with Crippen molar-refractivity contribution in [3.05, 3.63) is 36.2 Å². The van der Waals surface area contributed by atoms with Crippen molar-refractivity contribution in [3.8, 4) is 0 Å². The van der Waals surface area contributed by atoms with Gasteiger partial charge >= 0.3 is 0 Å². The van der Waals surface area contributed by atoms with E-state index in [1.165, 1.54) is 11.8 Å². The van der Waals surface area contributed by atoms with Crippen molar-refractivity contribution >= 4 is 46.0 Å². The number of nitrogens with one attached hydrogen (secondary N) is 3. The van der Waals surface area contributed by atoms with E-state index in [1.807, 2.05) is 12.1 Å². The van der Waals surface area contributed by atoms with E-state index >= 15 is 0 Å². The third-order valence-electron chi connectivity index (χ3n) is 3.09. The molecule has 3 rings (SSSR count). The predicted octanol–water partition coefficient (Wildman–Crippen LogP) is 2.17. The van der Waals surface area contributed by atoms with Gasteiger partial charge in [-0.2, -0.15) is 5.10 Å². The molecule has 0 unspecified atom stereocenters. The van der Waals surface area contributed by atoms with Crippen LogP contribution in [0.15, 0.2) is 35.0 Å². The lowest BCUT2D eigenvalue weighted by molar-refractivity contribution is -0.114. The zero-order valence-electron chi connectivity index (χ0n) is 12.8. The molecule has 24 heavy (non-hydrogen) atoms. The highest BCUT2D eigenvalue weighted by molar-refractivity contribution is 8.00. The number of carbonyl (C=O) groups excluding carboxylic acids is 2. The van der Waals surface area contributed by atoms with Crippen molar-refractivity contribution in [2.24, 2.45) is 0 Å². The number of thioether (sulfide) groups is 1. The first-order valence-electron chi connectivity index (χ1n) is 7.14. The number of aryl methyl sites for hydroxylation is 1. The normalized spacial score (nSPS) is 10.7. The number of hydrogen-bond donors (Lipinski definition) is 3. The fourth-order valence-corrected chi connectivity index (χ4v) is 2.68. The summed E-state index contributed by atoms with van der Waals surface area (Å²) >= 11 is 1.22. The van der Waals surface area contributed by atoms with Gasteiger partial charge in [-0.3, -0.25) is 14.7 Å². The third kappa shape index (κ3) is 4.13. The second-order valence-corrected chi connectivity index (χ2v) is 6.07. The summed E-state index contributed by atoms with van der Waals surface area (Å²) in [5.74, 6) is 0.908. The maximum Gasteiger partial charge on any atom is 0.235 e. The number of nitrogens with zero attached hydrogens (tertiary/aromatic N) is 2. The van der Waals surface area contributed by atoms with Crippen LogP contribution < -0.4 is 10.6 Å². The maximum absolute atomic E-state index is 11.9. The van der Waals surface area contributed by atoms with Crippen LogP contribution in [0.3, 0.4) is 0 Å². The van der Waals surface area contributed by atoms with E-state index < -0.39 is 0 Å². The summed E-state index contributed by atoms with van der Waals surface area (Å²) in [6.45, 7) is 1.74. The van der Waals surface area contributed by atoms with Crippen LogP contribution in [-0.4, -0.2) is 38.7 Å². The number of H-pyrrole nitrogens is 1. The van der Waals surface area contributed by atoms with Gasteiger partial charge in [0.05, 0.1) is 23.2 Å². The minimum Gasteiger partial charge on any atom is -0.360 e. The van der Waals surface area contributed by atoms with E-state index in [0.717, 1.165) is 10.9 Å². The summed E-state index contributed by atoms with van der Waals surface area (Å²) in [5, 5.41) is 16.8. The van der Waals surface area contributed by atoms with Crippen LogP contribution in [0.5, 0.6) is 0 Å². The highest BCUT2D eigenvalue weighted by atomic mass is 32.2. The third-order valence-corrected chi connectivity index (χ3v) is 4.02. The Kier molecular flexibility index (Phi) is 4.80. The first kappa shape index (κ1) is 16.1. The van der Waals surface area contributed by atoms with Gasteiger partial charge in [0.1, 0.15) is 5.76 Å². The molecule has 3 N–H and O–H groups in total. The van der Waals surface area contributed by atoms with E-state index in [2.05, 4.69) is 26.0 Å². The largest absolute Gasteiger partial charge is 0.360 e. The molecule has 2 aromatic heterocycles. The Morgan fingerprint density at radius 2 is 2.00 bits per heavy atom. The van der Waals surface area contributed by atoms with Crippen LogP contribution >= 0.6 is 11.8 Å². The Hall–Kier alpha value is -2.81. The molecule has 0 atom stereocenters. The lowest BCUT2D eigenvalue weighted by Gasteiger charge is -2.05. The lowest BCUT2D eigenvalue weighted by atomic mass is 10.2. The molecule has 0 fully saturated rings. The number of anilines is 2. The van der Waals surface area contributed by atoms with E-state index in [9.17, 15) is 9.59 Å². The molecule has 0 spiro atoms. The highest BCUT2D eigenvalue weighted by Gasteiger charge is 2.09. The van der Waals surface area contributed by atoms with Gasteiger partial charge in [-0.25, -0.2) is 0 Å². The standard InChI is InChI=1S/C15H15N5O3S/c1-9-4-13(20-23-9)18-15(22)8-24-7-14(21)17-11-2-3-12-10(5-11)6-16-19-12/h2-6H,7-8H2,1H3,(H,16,19)(H,17,21)(H,18,20,22). The fraction of sp³-hybridized carbons (Fsp3) is 0.200. The second kappa shape index (κ2) is 7.18. The first-order chi connectivity index (χ1) is 11.6. The first-order valence-corrected chi connectivity index (χ1v) is 8.29. The molecule has 3 aromatic rings. The molecule has 2 heterocycles. The summed E-state index contributed by atoms with van der Waals surface area (Å²) in [5.41, 5.74) is 1.60. The van der Waals surface area contributed by atoms with Crippen LogP contribution in [0.25, 0.3) is 10.9 Å². The maximum atomic E-state index is 11.9. The number of carbonyl (C=O) groups is 2. The molecule has 0 radical (unpaired) electrons. The van der Waals surface area contributed by atoms with Gasteiger partial charge < -0.3 is 15.2 Å². The molecule has 124 valence electrons. The van der Waals surface area contributed by atoms with E-state index in [0.29, 0.717) is 17.3 Å². The van der Waals surface area contributed by atoms with Crippen molar-refractivity contribution in [2.45, 2.75) is 6.92 Å². The molecule has 2 amide bonds. The monoisotopic (exact) mass is 345 g/mol. The van der Waals surface area contributed by atoms with Gasteiger partial charge in [0.25, 0.3) is 0 Å². The van der Waals surface area contributed by atoms with Crippen LogP contribution in [0.2, 0.25) is 0 Å². The zero-order valence-corrected chi connectivity index (χ0v) is 13.6. The molecular weight excluding hydrogens is 330 g/mol. The topological polar surface area (TPSA) is 113 Å². The molecule has 0 saturated heterocycles. The van der Waals surface area contributed by atoms with Gasteiger partial charge in [0.15, 0.2) is 5.82 Å². The number of aromatic amines is 1. The molecule has 0 aliphatic carbocycles.